The normalized spacial score (nSPS) is 18.8. The van der Waals surface area contributed by atoms with Crippen molar-refractivity contribution < 1.29 is 0 Å². The van der Waals surface area contributed by atoms with Crippen LogP contribution in [0, 0.1) is 5.92 Å². The van der Waals surface area contributed by atoms with Gasteiger partial charge in [0, 0.05) is 11.8 Å². The second-order valence-corrected chi connectivity index (χ2v) is 5.91. The summed E-state index contributed by atoms with van der Waals surface area (Å²) in [6, 6.07) is 0.784. The highest BCUT2D eigenvalue weighted by Gasteiger charge is 2.21. The Hall–Kier alpha value is 0.310. The molecule has 0 aliphatic heterocycles. The number of rotatable bonds is 9. The van der Waals surface area contributed by atoms with Crippen molar-refractivity contribution in [2.45, 2.75) is 58.4 Å². The van der Waals surface area contributed by atoms with E-state index in [4.69, 9.17) is 0 Å². The third-order valence-electron chi connectivity index (χ3n) is 3.19. The molecule has 0 aromatic rings. The standard InChI is InChI=1S/C13H27NS/c1-3-8-14-13(11-15-9-4-2)10-12-6-5-7-12/h12-14H,3-11H2,1-2H3. The summed E-state index contributed by atoms with van der Waals surface area (Å²) in [5, 5.41) is 3.71. The highest BCUT2D eigenvalue weighted by atomic mass is 32.2. The summed E-state index contributed by atoms with van der Waals surface area (Å²) in [4.78, 5) is 0. The summed E-state index contributed by atoms with van der Waals surface area (Å²) in [5.41, 5.74) is 0. The monoisotopic (exact) mass is 229 g/mol. The molecular formula is C13H27NS. The van der Waals surface area contributed by atoms with Crippen LogP contribution in [-0.2, 0) is 0 Å². The number of thioether (sulfide) groups is 1. The fourth-order valence-electron chi connectivity index (χ4n) is 2.06. The summed E-state index contributed by atoms with van der Waals surface area (Å²) in [7, 11) is 0. The van der Waals surface area contributed by atoms with E-state index < -0.39 is 0 Å². The summed E-state index contributed by atoms with van der Waals surface area (Å²) in [6.45, 7) is 5.73. The predicted molar refractivity (Wildman–Crippen MR) is 71.7 cm³/mol. The van der Waals surface area contributed by atoms with Gasteiger partial charge in [0.15, 0.2) is 0 Å². The molecule has 0 spiro atoms. The van der Waals surface area contributed by atoms with Gasteiger partial charge in [0.05, 0.1) is 0 Å². The first-order valence-corrected chi connectivity index (χ1v) is 7.83. The zero-order chi connectivity index (χ0) is 10.9. The van der Waals surface area contributed by atoms with Crippen molar-refractivity contribution in [3.8, 4) is 0 Å². The van der Waals surface area contributed by atoms with Gasteiger partial charge in [-0.15, -0.1) is 0 Å². The zero-order valence-corrected chi connectivity index (χ0v) is 11.2. The largest absolute Gasteiger partial charge is 0.313 e. The van der Waals surface area contributed by atoms with Crippen molar-refractivity contribution >= 4 is 11.8 Å². The molecule has 90 valence electrons. The average Bonchev–Trinajstić information content (AvgIpc) is 2.19. The van der Waals surface area contributed by atoms with E-state index in [-0.39, 0.29) is 0 Å². The first-order chi connectivity index (χ1) is 7.36. The molecule has 1 saturated carbocycles. The van der Waals surface area contributed by atoms with Crippen LogP contribution in [-0.4, -0.2) is 24.1 Å². The molecule has 1 aliphatic rings. The van der Waals surface area contributed by atoms with Crippen LogP contribution in [0.5, 0.6) is 0 Å². The second kappa shape index (κ2) is 8.46. The maximum Gasteiger partial charge on any atom is 0.0160 e. The van der Waals surface area contributed by atoms with Gasteiger partial charge in [-0.25, -0.2) is 0 Å². The lowest BCUT2D eigenvalue weighted by Crippen LogP contribution is -2.35. The van der Waals surface area contributed by atoms with Gasteiger partial charge in [-0.2, -0.15) is 11.8 Å². The molecule has 1 fully saturated rings. The van der Waals surface area contributed by atoms with Crippen LogP contribution in [0.25, 0.3) is 0 Å². The van der Waals surface area contributed by atoms with Crippen molar-refractivity contribution in [2.24, 2.45) is 5.92 Å². The first kappa shape index (κ1) is 13.4. The minimum absolute atomic E-state index is 0.784. The lowest BCUT2D eigenvalue weighted by atomic mass is 9.81. The molecule has 1 unspecified atom stereocenters. The Balaban J connectivity index is 2.11. The van der Waals surface area contributed by atoms with E-state index in [1.165, 1.54) is 56.6 Å². The Morgan fingerprint density at radius 1 is 1.27 bits per heavy atom. The van der Waals surface area contributed by atoms with Crippen molar-refractivity contribution in [1.29, 1.82) is 0 Å². The lowest BCUT2D eigenvalue weighted by Gasteiger charge is -2.30. The predicted octanol–water partition coefficient (Wildman–Crippen LogP) is 3.69. The average molecular weight is 229 g/mol. The van der Waals surface area contributed by atoms with Crippen LogP contribution in [0.1, 0.15) is 52.4 Å². The molecular weight excluding hydrogens is 202 g/mol. The smallest absolute Gasteiger partial charge is 0.0160 e. The maximum atomic E-state index is 3.71. The van der Waals surface area contributed by atoms with Crippen molar-refractivity contribution in [3.63, 3.8) is 0 Å². The third-order valence-corrected chi connectivity index (χ3v) is 4.53. The summed E-state index contributed by atoms with van der Waals surface area (Å²) < 4.78 is 0. The van der Waals surface area contributed by atoms with E-state index >= 15 is 0 Å². The SMILES string of the molecule is CCCNC(CSCCC)CC1CCC1. The molecule has 0 aromatic carbocycles. The van der Waals surface area contributed by atoms with Crippen LogP contribution in [0.3, 0.4) is 0 Å². The second-order valence-electron chi connectivity index (χ2n) is 4.76. The number of hydrogen-bond donors (Lipinski definition) is 1. The molecule has 0 bridgehead atoms. The molecule has 0 heterocycles. The van der Waals surface area contributed by atoms with E-state index in [1.54, 1.807) is 0 Å². The van der Waals surface area contributed by atoms with E-state index in [1.807, 2.05) is 0 Å². The van der Waals surface area contributed by atoms with Crippen molar-refractivity contribution in [1.82, 2.24) is 5.32 Å². The Bertz CT molecular complexity index is 145. The Kier molecular flexibility index (Phi) is 7.54. The summed E-state index contributed by atoms with van der Waals surface area (Å²) >= 11 is 2.13. The summed E-state index contributed by atoms with van der Waals surface area (Å²) in [5.74, 6) is 3.70. The third kappa shape index (κ3) is 5.82. The van der Waals surface area contributed by atoms with Crippen molar-refractivity contribution in [3.05, 3.63) is 0 Å². The topological polar surface area (TPSA) is 12.0 Å². The Morgan fingerprint density at radius 2 is 2.07 bits per heavy atom. The van der Waals surface area contributed by atoms with Gasteiger partial charge in [-0.3, -0.25) is 0 Å². The van der Waals surface area contributed by atoms with Crippen molar-refractivity contribution in [2.75, 3.05) is 18.1 Å². The van der Waals surface area contributed by atoms with Gasteiger partial charge in [0.1, 0.15) is 0 Å². The van der Waals surface area contributed by atoms with Gasteiger partial charge in [-0.1, -0.05) is 33.1 Å². The molecule has 1 aliphatic carbocycles. The van der Waals surface area contributed by atoms with Gasteiger partial charge in [0.2, 0.25) is 0 Å². The first-order valence-electron chi connectivity index (χ1n) is 6.68. The molecule has 0 radical (unpaired) electrons. The number of nitrogens with one attached hydrogen (secondary N) is 1. The highest BCUT2D eigenvalue weighted by Crippen LogP contribution is 2.31. The van der Waals surface area contributed by atoms with Crippen LogP contribution >= 0.6 is 11.8 Å². The minimum atomic E-state index is 0.784. The molecule has 0 amide bonds. The molecule has 1 nitrogen and oxygen atoms in total. The fourth-order valence-corrected chi connectivity index (χ4v) is 3.05. The van der Waals surface area contributed by atoms with Crippen LogP contribution < -0.4 is 5.32 Å². The van der Waals surface area contributed by atoms with E-state index in [2.05, 4.69) is 30.9 Å². The van der Waals surface area contributed by atoms with Crippen LogP contribution in [0.4, 0.5) is 0 Å². The summed E-state index contributed by atoms with van der Waals surface area (Å²) in [6.07, 6.45) is 8.46. The molecule has 1 N–H and O–H groups in total. The molecule has 0 saturated heterocycles. The lowest BCUT2D eigenvalue weighted by molar-refractivity contribution is 0.268. The highest BCUT2D eigenvalue weighted by molar-refractivity contribution is 7.99. The van der Waals surface area contributed by atoms with E-state index in [0.717, 1.165) is 12.0 Å². The van der Waals surface area contributed by atoms with Gasteiger partial charge >= 0.3 is 0 Å². The molecule has 15 heavy (non-hydrogen) atoms. The van der Waals surface area contributed by atoms with E-state index in [9.17, 15) is 0 Å². The van der Waals surface area contributed by atoms with E-state index in [0.29, 0.717) is 0 Å². The molecule has 2 heteroatoms. The van der Waals surface area contributed by atoms with Crippen LogP contribution in [0.2, 0.25) is 0 Å². The van der Waals surface area contributed by atoms with Gasteiger partial charge < -0.3 is 5.32 Å². The Morgan fingerprint density at radius 3 is 2.60 bits per heavy atom. The quantitative estimate of drug-likeness (QED) is 0.605. The Labute approximate surface area is 99.8 Å². The minimum Gasteiger partial charge on any atom is -0.313 e. The van der Waals surface area contributed by atoms with Crippen LogP contribution in [0.15, 0.2) is 0 Å². The number of hydrogen-bond acceptors (Lipinski definition) is 2. The van der Waals surface area contributed by atoms with Gasteiger partial charge in [-0.05, 0) is 37.5 Å². The molecule has 1 rings (SSSR count). The molecule has 1 atom stereocenters. The fraction of sp³-hybridized carbons (Fsp3) is 1.00. The van der Waals surface area contributed by atoms with Gasteiger partial charge in [0.25, 0.3) is 0 Å². The zero-order valence-electron chi connectivity index (χ0n) is 10.4. The molecule has 0 aromatic heterocycles. The maximum absolute atomic E-state index is 3.71.